The van der Waals surface area contributed by atoms with Crippen LogP contribution in [-0.2, 0) is 9.59 Å². The molecule has 8 heteroatoms. The fraction of sp³-hybridized carbons (Fsp3) is 0.267. The van der Waals surface area contributed by atoms with Crippen molar-refractivity contribution in [3.63, 3.8) is 0 Å². The summed E-state index contributed by atoms with van der Waals surface area (Å²) >= 11 is 6.20. The normalized spacial score (nSPS) is 17.7. The molecule has 1 aliphatic rings. The number of ether oxygens (including phenoxy) is 1. The molecule has 1 aromatic rings. The van der Waals surface area contributed by atoms with Gasteiger partial charge >= 0.3 is 5.97 Å². The van der Waals surface area contributed by atoms with E-state index in [-0.39, 0.29) is 22.2 Å². The molecule has 2 rings (SSSR count). The van der Waals surface area contributed by atoms with Crippen molar-refractivity contribution in [1.82, 2.24) is 4.90 Å². The molecule has 0 aromatic heterocycles. The molecule has 1 aromatic carbocycles. The van der Waals surface area contributed by atoms with Crippen molar-refractivity contribution in [1.29, 1.82) is 0 Å². The molecule has 1 atom stereocenters. The number of thioether (sulfide) groups is 1. The quantitative estimate of drug-likeness (QED) is 0.621. The molecule has 122 valence electrons. The highest BCUT2D eigenvalue weighted by Gasteiger charge is 2.39. The van der Waals surface area contributed by atoms with Crippen LogP contribution < -0.4 is 4.74 Å². The summed E-state index contributed by atoms with van der Waals surface area (Å²) < 4.78 is 5.24. The van der Waals surface area contributed by atoms with Gasteiger partial charge in [0.1, 0.15) is 10.4 Å². The highest BCUT2D eigenvalue weighted by Crippen LogP contribution is 2.35. The van der Waals surface area contributed by atoms with Crippen molar-refractivity contribution < 1.29 is 24.5 Å². The van der Waals surface area contributed by atoms with Gasteiger partial charge in [0.25, 0.3) is 5.91 Å². The molecular weight excluding hydrogens is 338 g/mol. The molecule has 0 saturated carbocycles. The topological polar surface area (TPSA) is 87.1 Å². The lowest BCUT2D eigenvalue weighted by molar-refractivity contribution is -0.145. The fourth-order valence-corrected chi connectivity index (χ4v) is 3.51. The maximum Gasteiger partial charge on any atom is 0.326 e. The van der Waals surface area contributed by atoms with Gasteiger partial charge in [0.15, 0.2) is 11.5 Å². The van der Waals surface area contributed by atoms with Gasteiger partial charge in [-0.25, -0.2) is 4.79 Å². The van der Waals surface area contributed by atoms with E-state index in [0.717, 1.165) is 16.7 Å². The van der Waals surface area contributed by atoms with Crippen molar-refractivity contribution in [2.45, 2.75) is 19.4 Å². The third kappa shape index (κ3) is 3.48. The largest absolute Gasteiger partial charge is 0.504 e. The first-order valence-corrected chi connectivity index (χ1v) is 7.98. The predicted octanol–water partition coefficient (Wildman–Crippen LogP) is 2.47. The van der Waals surface area contributed by atoms with Crippen molar-refractivity contribution in [3.05, 3.63) is 28.7 Å². The van der Waals surface area contributed by atoms with E-state index in [0.29, 0.717) is 10.5 Å². The number of carboxylic acid groups (broad SMARTS) is 1. The highest BCUT2D eigenvalue weighted by atomic mass is 32.2. The summed E-state index contributed by atoms with van der Waals surface area (Å²) in [5.74, 6) is -1.24. The Hall–Kier alpha value is -2.06. The maximum atomic E-state index is 12.5. The van der Waals surface area contributed by atoms with E-state index in [9.17, 15) is 19.8 Å². The Balaban J connectivity index is 2.33. The standard InChI is InChI=1S/C15H15NO5S2/c1-3-9(14(19)20)16-13(18)12(23-15(16)22)7-8-4-5-10(17)11(6-8)21-2/h4-7,9,17H,3H2,1-2H3,(H,19,20)/b12-7-. The Labute approximate surface area is 142 Å². The minimum atomic E-state index is -1.09. The number of benzene rings is 1. The minimum Gasteiger partial charge on any atom is -0.504 e. The first-order chi connectivity index (χ1) is 10.9. The molecule has 1 heterocycles. The van der Waals surface area contributed by atoms with Crippen molar-refractivity contribution in [2.24, 2.45) is 0 Å². The predicted molar refractivity (Wildman–Crippen MR) is 91.4 cm³/mol. The van der Waals surface area contributed by atoms with Gasteiger partial charge in [-0.3, -0.25) is 9.69 Å². The highest BCUT2D eigenvalue weighted by molar-refractivity contribution is 8.26. The third-order valence-corrected chi connectivity index (χ3v) is 4.64. The molecule has 1 aliphatic heterocycles. The number of hydrogen-bond donors (Lipinski definition) is 2. The van der Waals surface area contributed by atoms with Crippen LogP contribution in [0.3, 0.4) is 0 Å². The van der Waals surface area contributed by atoms with Gasteiger partial charge in [-0.05, 0) is 30.2 Å². The first kappa shape index (κ1) is 17.3. The molecule has 0 bridgehead atoms. The van der Waals surface area contributed by atoms with Crippen LogP contribution in [0.1, 0.15) is 18.9 Å². The second-order valence-electron chi connectivity index (χ2n) is 4.75. The van der Waals surface area contributed by atoms with Gasteiger partial charge in [0.2, 0.25) is 0 Å². The smallest absolute Gasteiger partial charge is 0.326 e. The number of aromatic hydroxyl groups is 1. The number of phenolic OH excluding ortho intramolecular Hbond substituents is 1. The number of methoxy groups -OCH3 is 1. The number of rotatable bonds is 5. The minimum absolute atomic E-state index is 0.00544. The van der Waals surface area contributed by atoms with Gasteiger partial charge in [0.05, 0.1) is 12.0 Å². The van der Waals surface area contributed by atoms with Gasteiger partial charge < -0.3 is 14.9 Å². The van der Waals surface area contributed by atoms with E-state index in [2.05, 4.69) is 0 Å². The number of carbonyl (C=O) groups excluding carboxylic acids is 1. The number of nitrogens with zero attached hydrogens (tertiary/aromatic N) is 1. The molecule has 6 nitrogen and oxygen atoms in total. The molecule has 1 saturated heterocycles. The molecule has 0 aliphatic carbocycles. The van der Waals surface area contributed by atoms with Gasteiger partial charge in [-0.1, -0.05) is 37.0 Å². The number of carboxylic acids is 1. The van der Waals surface area contributed by atoms with Crippen molar-refractivity contribution in [2.75, 3.05) is 7.11 Å². The van der Waals surface area contributed by atoms with Crippen LogP contribution in [0.5, 0.6) is 11.5 Å². The summed E-state index contributed by atoms with van der Waals surface area (Å²) in [4.78, 5) is 25.2. The molecule has 23 heavy (non-hydrogen) atoms. The summed E-state index contributed by atoms with van der Waals surface area (Å²) in [5.41, 5.74) is 0.642. The third-order valence-electron chi connectivity index (χ3n) is 3.31. The van der Waals surface area contributed by atoms with E-state index in [1.807, 2.05) is 0 Å². The number of phenols is 1. The first-order valence-electron chi connectivity index (χ1n) is 6.76. The molecule has 1 amide bonds. The number of carbonyl (C=O) groups is 2. The fourth-order valence-electron chi connectivity index (χ4n) is 2.15. The van der Waals surface area contributed by atoms with E-state index in [1.165, 1.54) is 13.2 Å². The van der Waals surface area contributed by atoms with E-state index in [1.54, 1.807) is 25.1 Å². The van der Waals surface area contributed by atoms with Crippen LogP contribution in [0.25, 0.3) is 6.08 Å². The molecule has 0 radical (unpaired) electrons. The molecule has 0 spiro atoms. The Bertz CT molecular complexity index is 701. The van der Waals surface area contributed by atoms with Gasteiger partial charge in [0, 0.05) is 0 Å². The zero-order valence-electron chi connectivity index (χ0n) is 12.5. The van der Waals surface area contributed by atoms with Crippen LogP contribution in [0, 0.1) is 0 Å². The Kier molecular flexibility index (Phi) is 5.27. The monoisotopic (exact) mass is 353 g/mol. The van der Waals surface area contributed by atoms with E-state index < -0.39 is 17.9 Å². The van der Waals surface area contributed by atoms with Crippen LogP contribution >= 0.6 is 24.0 Å². The Morgan fingerprint density at radius 3 is 2.78 bits per heavy atom. The van der Waals surface area contributed by atoms with Gasteiger partial charge in [-0.2, -0.15) is 0 Å². The number of amides is 1. The van der Waals surface area contributed by atoms with Crippen LogP contribution in [0.15, 0.2) is 23.1 Å². The maximum absolute atomic E-state index is 12.5. The van der Waals surface area contributed by atoms with Gasteiger partial charge in [-0.15, -0.1) is 0 Å². The summed E-state index contributed by atoms with van der Waals surface area (Å²) in [6.45, 7) is 1.69. The second kappa shape index (κ2) is 7.01. The van der Waals surface area contributed by atoms with Crippen LogP contribution in [-0.4, -0.2) is 44.5 Å². The lowest BCUT2D eigenvalue weighted by atomic mass is 10.1. The van der Waals surface area contributed by atoms with Crippen LogP contribution in [0.4, 0.5) is 0 Å². The Morgan fingerprint density at radius 1 is 1.52 bits per heavy atom. The van der Waals surface area contributed by atoms with Crippen molar-refractivity contribution in [3.8, 4) is 11.5 Å². The molecule has 1 fully saturated rings. The molecule has 1 unspecified atom stereocenters. The number of hydrogen-bond acceptors (Lipinski definition) is 6. The summed E-state index contributed by atoms with van der Waals surface area (Å²) in [7, 11) is 1.43. The lowest BCUT2D eigenvalue weighted by Gasteiger charge is -2.21. The summed E-state index contributed by atoms with van der Waals surface area (Å²) in [6.07, 6.45) is 1.86. The van der Waals surface area contributed by atoms with Crippen molar-refractivity contribution >= 4 is 46.3 Å². The second-order valence-corrected chi connectivity index (χ2v) is 6.42. The molecule has 2 N–H and O–H groups in total. The average molecular weight is 353 g/mol. The number of aliphatic carboxylic acids is 1. The lowest BCUT2D eigenvalue weighted by Crippen LogP contribution is -2.43. The SMILES string of the molecule is CCC(C(=O)O)N1C(=O)/C(=C/c2ccc(O)c(OC)c2)SC1=S. The van der Waals surface area contributed by atoms with E-state index >= 15 is 0 Å². The Morgan fingerprint density at radius 2 is 2.22 bits per heavy atom. The average Bonchev–Trinajstić information content (AvgIpc) is 2.77. The van der Waals surface area contributed by atoms with E-state index in [4.69, 9.17) is 17.0 Å². The zero-order valence-corrected chi connectivity index (χ0v) is 14.1. The summed E-state index contributed by atoms with van der Waals surface area (Å²) in [6, 6.07) is 3.69. The van der Waals surface area contributed by atoms with Crippen LogP contribution in [0.2, 0.25) is 0 Å². The molecular formula is C15H15NO5S2. The summed E-state index contributed by atoms with van der Waals surface area (Å²) in [5, 5.41) is 18.8. The zero-order chi connectivity index (χ0) is 17.1. The number of thiocarbonyl (C=S) groups is 1.